The van der Waals surface area contributed by atoms with Crippen LogP contribution in [-0.4, -0.2) is 61.1 Å². The van der Waals surface area contributed by atoms with Crippen molar-refractivity contribution in [1.82, 2.24) is 20.9 Å². The Hall–Kier alpha value is -2.82. The average Bonchev–Trinajstić information content (AvgIpc) is 2.82. The first-order valence-electron chi connectivity index (χ1n) is 10.5. The fourth-order valence-corrected chi connectivity index (χ4v) is 3.35. The monoisotopic (exact) mass is 498 g/mol. The second-order valence-electron chi connectivity index (χ2n) is 8.35. The summed E-state index contributed by atoms with van der Waals surface area (Å²) in [6.45, 7) is 1.96. The van der Waals surface area contributed by atoms with Crippen LogP contribution in [0.15, 0.2) is 36.5 Å². The fourth-order valence-electron chi connectivity index (χ4n) is 3.08. The number of pyridine rings is 1. The molecular formula is C23H29ClF2N4O4. The van der Waals surface area contributed by atoms with Gasteiger partial charge in [0.15, 0.2) is 0 Å². The Bertz CT molecular complexity index is 956. The van der Waals surface area contributed by atoms with E-state index in [1.165, 1.54) is 19.9 Å². The minimum atomic E-state index is -1.21. The molecule has 1 heterocycles. The van der Waals surface area contributed by atoms with E-state index in [1.54, 1.807) is 30.5 Å². The van der Waals surface area contributed by atoms with Crippen molar-refractivity contribution in [2.45, 2.75) is 32.5 Å². The number of halogens is 3. The van der Waals surface area contributed by atoms with Gasteiger partial charge in [0.1, 0.15) is 11.9 Å². The van der Waals surface area contributed by atoms with Gasteiger partial charge in [-0.15, -0.1) is 0 Å². The number of aliphatic hydroxyl groups is 1. The molecule has 0 fully saturated rings. The third-order valence-electron chi connectivity index (χ3n) is 5.13. The number of hydrogen-bond donors (Lipinski definition) is 4. The largest absolute Gasteiger partial charge is 0.453 e. The third-order valence-corrected chi connectivity index (χ3v) is 5.47. The minimum Gasteiger partial charge on any atom is -0.453 e. The van der Waals surface area contributed by atoms with E-state index < -0.39 is 42.1 Å². The molecule has 34 heavy (non-hydrogen) atoms. The predicted octanol–water partition coefficient (Wildman–Crippen LogP) is 2.83. The van der Waals surface area contributed by atoms with E-state index in [-0.39, 0.29) is 30.2 Å². The van der Waals surface area contributed by atoms with Crippen molar-refractivity contribution in [1.29, 1.82) is 0 Å². The van der Waals surface area contributed by atoms with E-state index in [9.17, 15) is 23.5 Å². The second-order valence-corrected chi connectivity index (χ2v) is 8.76. The van der Waals surface area contributed by atoms with Crippen molar-refractivity contribution in [3.05, 3.63) is 52.9 Å². The molecule has 0 saturated heterocycles. The van der Waals surface area contributed by atoms with Crippen molar-refractivity contribution in [2.75, 3.05) is 26.9 Å². The van der Waals surface area contributed by atoms with E-state index in [1.807, 2.05) is 0 Å². The van der Waals surface area contributed by atoms with Crippen LogP contribution >= 0.6 is 11.6 Å². The second kappa shape index (κ2) is 12.6. The third kappa shape index (κ3) is 7.61. The number of aliphatic hydroxyl groups excluding tert-OH is 1. The van der Waals surface area contributed by atoms with Crippen molar-refractivity contribution >= 4 is 23.6 Å². The summed E-state index contributed by atoms with van der Waals surface area (Å²) < 4.78 is 32.5. The Kier molecular flexibility index (Phi) is 10.2. The highest BCUT2D eigenvalue weighted by molar-refractivity contribution is 6.31. The lowest BCUT2D eigenvalue weighted by molar-refractivity contribution is -0.126. The quantitative estimate of drug-likeness (QED) is 0.379. The van der Waals surface area contributed by atoms with Crippen LogP contribution in [0.5, 0.6) is 0 Å². The molecule has 2 rings (SSSR count). The molecule has 0 bridgehead atoms. The van der Waals surface area contributed by atoms with Gasteiger partial charge in [-0.3, -0.25) is 14.2 Å². The number of benzene rings is 1. The van der Waals surface area contributed by atoms with Crippen LogP contribution in [0.25, 0.3) is 11.3 Å². The predicted molar refractivity (Wildman–Crippen MR) is 124 cm³/mol. The highest BCUT2D eigenvalue weighted by atomic mass is 35.5. The number of carbonyl (C=O) groups excluding carboxylic acids is 2. The van der Waals surface area contributed by atoms with E-state index in [4.69, 9.17) is 11.6 Å². The summed E-state index contributed by atoms with van der Waals surface area (Å²) in [5.74, 6) is -1.19. The molecule has 1 unspecified atom stereocenters. The number of alkyl carbamates (subject to hydrolysis) is 1. The summed E-state index contributed by atoms with van der Waals surface area (Å²) in [5.41, 5.74) is 0.160. The van der Waals surface area contributed by atoms with Crippen LogP contribution < -0.4 is 16.0 Å². The Morgan fingerprint density at radius 3 is 2.59 bits per heavy atom. The summed E-state index contributed by atoms with van der Waals surface area (Å²) in [6.07, 6.45) is -0.314. The van der Waals surface area contributed by atoms with Gasteiger partial charge in [-0.25, -0.2) is 9.18 Å². The molecule has 4 N–H and O–H groups in total. The number of aromatic nitrogens is 1. The molecule has 8 nitrogen and oxygen atoms in total. The van der Waals surface area contributed by atoms with Crippen molar-refractivity contribution in [3.8, 4) is 11.3 Å². The normalized spacial score (nSPS) is 13.1. The van der Waals surface area contributed by atoms with E-state index >= 15 is 0 Å². The summed E-state index contributed by atoms with van der Waals surface area (Å²) in [7, 11) is 1.13. The Morgan fingerprint density at radius 1 is 1.26 bits per heavy atom. The highest BCUT2D eigenvalue weighted by Gasteiger charge is 2.37. The van der Waals surface area contributed by atoms with Crippen molar-refractivity contribution in [3.63, 3.8) is 0 Å². The number of hydrogen-bond acceptors (Lipinski definition) is 6. The number of alkyl halides is 1. The number of carbonyl (C=O) groups is 2. The fraction of sp³-hybridized carbons (Fsp3) is 0.435. The molecule has 2 amide bonds. The van der Waals surface area contributed by atoms with Crippen LogP contribution in [0.3, 0.4) is 0 Å². The van der Waals surface area contributed by atoms with Gasteiger partial charge in [0.2, 0.25) is 5.91 Å². The number of ether oxygens (including phenoxy) is 1. The van der Waals surface area contributed by atoms with Crippen LogP contribution in [0.2, 0.25) is 5.02 Å². The molecule has 2 aromatic rings. The molecule has 0 spiro atoms. The molecule has 1 aromatic heterocycles. The zero-order valence-electron chi connectivity index (χ0n) is 19.2. The van der Waals surface area contributed by atoms with Gasteiger partial charge < -0.3 is 25.8 Å². The lowest BCUT2D eigenvalue weighted by atomic mass is 9.85. The molecule has 186 valence electrons. The molecule has 11 heteroatoms. The van der Waals surface area contributed by atoms with Gasteiger partial charge in [0, 0.05) is 47.4 Å². The minimum absolute atomic E-state index is 0.0135. The van der Waals surface area contributed by atoms with Gasteiger partial charge >= 0.3 is 6.09 Å². The average molecular weight is 499 g/mol. The highest BCUT2D eigenvalue weighted by Crippen LogP contribution is 2.27. The first-order valence-corrected chi connectivity index (χ1v) is 10.9. The van der Waals surface area contributed by atoms with Crippen LogP contribution in [0, 0.1) is 11.2 Å². The number of amides is 2. The van der Waals surface area contributed by atoms with E-state index in [0.717, 1.165) is 7.11 Å². The Labute approximate surface area is 202 Å². The summed E-state index contributed by atoms with van der Waals surface area (Å²) in [6, 6.07) is 7.02. The summed E-state index contributed by atoms with van der Waals surface area (Å²) in [5, 5.41) is 18.1. The molecule has 0 aliphatic carbocycles. The molecule has 0 aliphatic rings. The summed E-state index contributed by atoms with van der Waals surface area (Å²) in [4.78, 5) is 28.2. The summed E-state index contributed by atoms with van der Waals surface area (Å²) >= 11 is 6.24. The molecule has 0 saturated carbocycles. The topological polar surface area (TPSA) is 113 Å². The van der Waals surface area contributed by atoms with Crippen LogP contribution in [0.1, 0.15) is 19.4 Å². The van der Waals surface area contributed by atoms with Crippen LogP contribution in [0.4, 0.5) is 13.6 Å². The van der Waals surface area contributed by atoms with Gasteiger partial charge in [-0.05, 0) is 24.3 Å². The van der Waals surface area contributed by atoms with Crippen molar-refractivity contribution in [2.24, 2.45) is 5.41 Å². The molecule has 0 radical (unpaired) electrons. The number of nitrogens with zero attached hydrogens (tertiary/aromatic N) is 1. The molecule has 1 aromatic carbocycles. The molecule has 0 aliphatic heterocycles. The van der Waals surface area contributed by atoms with Gasteiger partial charge in [-0.2, -0.15) is 0 Å². The van der Waals surface area contributed by atoms with E-state index in [0.29, 0.717) is 11.3 Å². The zero-order valence-corrected chi connectivity index (χ0v) is 20.0. The smallest absolute Gasteiger partial charge is 0.407 e. The number of rotatable bonds is 11. The SMILES string of the molecule is COC(=O)NC(C(=O)NC[C@@H](O)CNCc1c(F)cc(-c2ccccn2)cc1Cl)C(C)(C)CF. The van der Waals surface area contributed by atoms with Crippen LogP contribution in [-0.2, 0) is 16.1 Å². The first kappa shape index (κ1) is 27.4. The van der Waals surface area contributed by atoms with Crippen molar-refractivity contribution < 1.29 is 28.2 Å². The Morgan fingerprint density at radius 2 is 2.00 bits per heavy atom. The standard InChI is InChI=1S/C23H29ClF2N4O4/c1-23(2,13-25)20(30-22(33)34-3)21(32)29-11-15(31)10-27-12-16-17(24)8-14(9-18(16)26)19-6-4-5-7-28-19/h4-9,15,20,27,31H,10-13H2,1-3H3,(H,29,32)(H,30,33)/t15-,20?/m0/s1. The lowest BCUT2D eigenvalue weighted by Gasteiger charge is -2.31. The van der Waals surface area contributed by atoms with Gasteiger partial charge in [0.25, 0.3) is 0 Å². The van der Waals surface area contributed by atoms with Gasteiger partial charge in [0.05, 0.1) is 25.6 Å². The lowest BCUT2D eigenvalue weighted by Crippen LogP contribution is -2.56. The molecule has 2 atom stereocenters. The number of nitrogens with one attached hydrogen (secondary N) is 3. The first-order chi connectivity index (χ1) is 16.1. The maximum absolute atomic E-state index is 14.6. The molecular weight excluding hydrogens is 470 g/mol. The van der Waals surface area contributed by atoms with Gasteiger partial charge in [-0.1, -0.05) is 31.5 Å². The maximum atomic E-state index is 14.6. The zero-order chi connectivity index (χ0) is 25.3. The number of methoxy groups -OCH3 is 1. The van der Waals surface area contributed by atoms with E-state index in [2.05, 4.69) is 25.7 Å². The Balaban J connectivity index is 1.90. The maximum Gasteiger partial charge on any atom is 0.407 e.